The van der Waals surface area contributed by atoms with Crippen molar-refractivity contribution in [2.75, 3.05) is 0 Å². The zero-order valence-electron chi connectivity index (χ0n) is 18.8. The topological polar surface area (TPSA) is 49.7 Å². The van der Waals surface area contributed by atoms with Gasteiger partial charge in [0.2, 0.25) is 0 Å². The summed E-state index contributed by atoms with van der Waals surface area (Å²) in [4.78, 5) is 18.2. The van der Waals surface area contributed by atoms with E-state index in [-0.39, 0.29) is 11.8 Å². The number of carbonyl (C=O) groups is 1. The monoisotopic (exact) mass is 447 g/mol. The molecule has 0 amide bonds. The van der Waals surface area contributed by atoms with Crippen LogP contribution in [0.1, 0.15) is 56.2 Å². The maximum atomic E-state index is 13.1. The number of aliphatic imine (C=N–C) groups is 1. The molecule has 2 unspecified atom stereocenters. The number of aliphatic carboxylic acids is 1. The smallest absolute Gasteiger partial charge is 0.332 e. The minimum Gasteiger partial charge on any atom is -0.479 e. The van der Waals surface area contributed by atoms with Gasteiger partial charge in [0.15, 0.2) is 5.54 Å². The van der Waals surface area contributed by atoms with Gasteiger partial charge >= 0.3 is 5.97 Å². The van der Waals surface area contributed by atoms with Gasteiger partial charge in [-0.2, -0.15) is 0 Å². The Kier molecular flexibility index (Phi) is 7.87. The summed E-state index contributed by atoms with van der Waals surface area (Å²) in [5.74, 6) is -1.17. The van der Waals surface area contributed by atoms with Crippen LogP contribution >= 0.6 is 11.6 Å². The van der Waals surface area contributed by atoms with E-state index in [0.717, 1.165) is 16.7 Å². The fourth-order valence-corrected chi connectivity index (χ4v) is 4.65. The molecule has 166 valence electrons. The molecule has 32 heavy (non-hydrogen) atoms. The molecule has 0 saturated carbocycles. The first-order valence-electron chi connectivity index (χ1n) is 11.1. The van der Waals surface area contributed by atoms with Crippen molar-refractivity contribution in [3.05, 3.63) is 107 Å². The van der Waals surface area contributed by atoms with Crippen LogP contribution in [-0.2, 0) is 4.79 Å². The van der Waals surface area contributed by atoms with E-state index in [0.29, 0.717) is 23.6 Å². The Hall–Kier alpha value is -2.91. The van der Waals surface area contributed by atoms with E-state index in [1.54, 1.807) is 0 Å². The second-order valence-electron chi connectivity index (χ2n) is 8.45. The van der Waals surface area contributed by atoms with Crippen molar-refractivity contribution in [3.63, 3.8) is 0 Å². The lowest BCUT2D eigenvalue weighted by molar-refractivity contribution is -0.145. The fourth-order valence-electron chi connectivity index (χ4n) is 4.52. The average molecular weight is 448 g/mol. The van der Waals surface area contributed by atoms with Crippen molar-refractivity contribution in [1.29, 1.82) is 0 Å². The lowest BCUT2D eigenvalue weighted by Gasteiger charge is -2.38. The number of rotatable bonds is 9. The molecule has 0 bridgehead atoms. The van der Waals surface area contributed by atoms with Crippen LogP contribution in [0.15, 0.2) is 89.9 Å². The first-order chi connectivity index (χ1) is 15.4. The summed E-state index contributed by atoms with van der Waals surface area (Å²) in [6.07, 6.45) is 1.13. The predicted molar refractivity (Wildman–Crippen MR) is 133 cm³/mol. The van der Waals surface area contributed by atoms with Crippen molar-refractivity contribution >= 4 is 23.3 Å². The van der Waals surface area contributed by atoms with Crippen LogP contribution in [0.3, 0.4) is 0 Å². The number of benzene rings is 3. The molecule has 0 aliphatic heterocycles. The summed E-state index contributed by atoms with van der Waals surface area (Å²) in [7, 11) is 0. The molecule has 0 aliphatic rings. The lowest BCUT2D eigenvalue weighted by Crippen LogP contribution is -2.46. The summed E-state index contributed by atoms with van der Waals surface area (Å²) in [5, 5.41) is 11.3. The van der Waals surface area contributed by atoms with Gasteiger partial charge < -0.3 is 5.11 Å². The van der Waals surface area contributed by atoms with Crippen molar-refractivity contribution in [2.45, 2.75) is 45.1 Å². The second-order valence-corrected chi connectivity index (χ2v) is 8.88. The Morgan fingerprint density at radius 3 is 1.81 bits per heavy atom. The molecule has 0 aromatic heterocycles. The van der Waals surface area contributed by atoms with Gasteiger partial charge in [-0.1, -0.05) is 112 Å². The van der Waals surface area contributed by atoms with E-state index in [1.165, 1.54) is 0 Å². The SMILES string of the molecule is CCCC(N=C(c1ccccc1)c1ccccc1)(C(=O)O)C(c1ccc(Cl)cc1)C(C)C. The quantitative estimate of drug-likeness (QED) is 0.351. The molecule has 0 radical (unpaired) electrons. The van der Waals surface area contributed by atoms with E-state index in [1.807, 2.05) is 91.9 Å². The van der Waals surface area contributed by atoms with E-state index in [9.17, 15) is 9.90 Å². The van der Waals surface area contributed by atoms with E-state index in [2.05, 4.69) is 13.8 Å². The van der Waals surface area contributed by atoms with Crippen LogP contribution < -0.4 is 0 Å². The van der Waals surface area contributed by atoms with Gasteiger partial charge in [0.1, 0.15) is 0 Å². The summed E-state index contributed by atoms with van der Waals surface area (Å²) < 4.78 is 0. The highest BCUT2D eigenvalue weighted by Crippen LogP contribution is 2.42. The van der Waals surface area contributed by atoms with E-state index < -0.39 is 11.5 Å². The first kappa shape index (κ1) is 23.7. The number of carboxylic acids is 1. The van der Waals surface area contributed by atoms with Crippen molar-refractivity contribution < 1.29 is 9.90 Å². The Balaban J connectivity index is 2.31. The molecule has 3 rings (SSSR count). The molecule has 1 N–H and O–H groups in total. The minimum absolute atomic E-state index is 0.0513. The third-order valence-corrected chi connectivity index (χ3v) is 6.07. The number of nitrogens with zero attached hydrogens (tertiary/aromatic N) is 1. The van der Waals surface area contributed by atoms with Gasteiger partial charge in [0.25, 0.3) is 0 Å². The van der Waals surface area contributed by atoms with Gasteiger partial charge in [0, 0.05) is 22.1 Å². The molecule has 0 spiro atoms. The van der Waals surface area contributed by atoms with Crippen LogP contribution in [0.4, 0.5) is 0 Å². The highest BCUT2D eigenvalue weighted by molar-refractivity contribution is 6.30. The zero-order chi connectivity index (χ0) is 23.1. The molecule has 0 fully saturated rings. The van der Waals surface area contributed by atoms with Crippen LogP contribution in [0.5, 0.6) is 0 Å². The van der Waals surface area contributed by atoms with Crippen LogP contribution in [0.25, 0.3) is 0 Å². The van der Waals surface area contributed by atoms with Crippen molar-refractivity contribution in [2.24, 2.45) is 10.9 Å². The Labute approximate surface area is 195 Å². The largest absolute Gasteiger partial charge is 0.479 e. The third kappa shape index (κ3) is 5.11. The highest BCUT2D eigenvalue weighted by Gasteiger charge is 2.47. The Morgan fingerprint density at radius 2 is 1.41 bits per heavy atom. The maximum absolute atomic E-state index is 13.1. The third-order valence-electron chi connectivity index (χ3n) is 5.82. The molecular weight excluding hydrogens is 418 g/mol. The molecule has 3 nitrogen and oxygen atoms in total. The van der Waals surface area contributed by atoms with Gasteiger partial charge in [-0.05, 0) is 30.0 Å². The highest BCUT2D eigenvalue weighted by atomic mass is 35.5. The Morgan fingerprint density at radius 1 is 0.906 bits per heavy atom. The number of hydrogen-bond acceptors (Lipinski definition) is 2. The molecule has 0 heterocycles. The molecule has 3 aromatic rings. The van der Waals surface area contributed by atoms with Crippen molar-refractivity contribution in [1.82, 2.24) is 0 Å². The van der Waals surface area contributed by atoms with E-state index in [4.69, 9.17) is 16.6 Å². The molecule has 3 aromatic carbocycles. The summed E-state index contributed by atoms with van der Waals surface area (Å²) in [6, 6.07) is 27.2. The molecular formula is C28H30ClNO2. The number of halogens is 1. The summed E-state index contributed by atoms with van der Waals surface area (Å²) in [6.45, 7) is 6.14. The van der Waals surface area contributed by atoms with Gasteiger partial charge in [0.05, 0.1) is 5.71 Å². The predicted octanol–water partition coefficient (Wildman–Crippen LogP) is 7.24. The number of carboxylic acid groups (broad SMARTS) is 1. The van der Waals surface area contributed by atoms with Crippen LogP contribution in [0.2, 0.25) is 5.02 Å². The van der Waals surface area contributed by atoms with Gasteiger partial charge in [-0.15, -0.1) is 0 Å². The summed E-state index contributed by atoms with van der Waals surface area (Å²) in [5.41, 5.74) is 2.11. The molecule has 0 aliphatic carbocycles. The standard InChI is InChI=1S/C28H30ClNO2/c1-4-19-28(27(31)32,25(20(2)3)21-15-17-24(29)18-16-21)30-26(22-11-7-5-8-12-22)23-13-9-6-10-14-23/h5-18,20,25H,4,19H2,1-3H3,(H,31,32). The number of hydrogen-bond donors (Lipinski definition) is 1. The van der Waals surface area contributed by atoms with Crippen molar-refractivity contribution in [3.8, 4) is 0 Å². The first-order valence-corrected chi connectivity index (χ1v) is 11.5. The normalized spacial score (nSPS) is 13.9. The molecule has 2 atom stereocenters. The Bertz CT molecular complexity index is 1000. The fraction of sp³-hybridized carbons (Fsp3) is 0.286. The molecule has 4 heteroatoms. The summed E-state index contributed by atoms with van der Waals surface area (Å²) >= 11 is 6.13. The van der Waals surface area contributed by atoms with Crippen LogP contribution in [-0.4, -0.2) is 22.3 Å². The molecule has 0 saturated heterocycles. The van der Waals surface area contributed by atoms with Gasteiger partial charge in [-0.3, -0.25) is 4.99 Å². The van der Waals surface area contributed by atoms with Crippen LogP contribution in [0, 0.1) is 5.92 Å². The minimum atomic E-state index is -1.32. The lowest BCUT2D eigenvalue weighted by atomic mass is 9.70. The zero-order valence-corrected chi connectivity index (χ0v) is 19.6. The average Bonchev–Trinajstić information content (AvgIpc) is 2.79. The maximum Gasteiger partial charge on any atom is 0.332 e. The second kappa shape index (κ2) is 10.6. The van der Waals surface area contributed by atoms with E-state index >= 15 is 0 Å². The van der Waals surface area contributed by atoms with Gasteiger partial charge in [-0.25, -0.2) is 4.79 Å².